The van der Waals surface area contributed by atoms with Crippen molar-refractivity contribution in [3.8, 4) is 0 Å². The number of hydrogen-bond acceptors (Lipinski definition) is 3. The van der Waals surface area contributed by atoms with Crippen LogP contribution in [0.25, 0.3) is 0 Å². The number of carbonyl (C=O) groups is 3. The minimum atomic E-state index is -0.217. The van der Waals surface area contributed by atoms with Crippen LogP contribution in [0.4, 0.5) is 0 Å². The van der Waals surface area contributed by atoms with Crippen molar-refractivity contribution in [3.05, 3.63) is 59.2 Å². The lowest BCUT2D eigenvalue weighted by Crippen LogP contribution is -2.26. The molecule has 0 unspecified atom stereocenters. The average molecular weight is 328 g/mol. The molecule has 2 N–H and O–H groups in total. The zero-order valence-corrected chi connectivity index (χ0v) is 14.3. The van der Waals surface area contributed by atoms with Crippen LogP contribution in [0.5, 0.6) is 0 Å². The molecule has 0 aliphatic carbocycles. The Morgan fingerprint density at radius 3 is 2.04 bits per heavy atom. The van der Waals surface area contributed by atoms with Crippen molar-refractivity contribution in [2.24, 2.45) is 0 Å². The van der Waals surface area contributed by atoms with Crippen molar-refractivity contribution >= 4 is 18.1 Å². The molecule has 0 saturated carbocycles. The van der Waals surface area contributed by atoms with Gasteiger partial charge < -0.3 is 15.4 Å². The molecule has 0 aromatic heterocycles. The smallest absolute Gasteiger partial charge is 0.246 e. The Morgan fingerprint density at radius 2 is 1.54 bits per heavy atom. The van der Waals surface area contributed by atoms with Crippen LogP contribution >= 0.6 is 0 Å². The number of carbonyl (C=O) groups excluding carboxylic acids is 3. The highest BCUT2D eigenvalue weighted by atomic mass is 16.2. The summed E-state index contributed by atoms with van der Waals surface area (Å²) in [6.07, 6.45) is 1.97. The van der Waals surface area contributed by atoms with E-state index in [1.165, 1.54) is 0 Å². The molecular formula is C19H24N2O3. The minimum Gasteiger partial charge on any atom is -0.348 e. The van der Waals surface area contributed by atoms with E-state index < -0.39 is 0 Å². The average Bonchev–Trinajstić information content (AvgIpc) is 2.55. The molecule has 5 heteroatoms. The molecule has 0 spiro atoms. The van der Waals surface area contributed by atoms with Gasteiger partial charge in [0.2, 0.25) is 11.8 Å². The Hall–Kier alpha value is -2.69. The Morgan fingerprint density at radius 1 is 1.00 bits per heavy atom. The molecule has 0 aliphatic heterocycles. The number of aryl methyl sites for hydroxylation is 1. The summed E-state index contributed by atoms with van der Waals surface area (Å²) in [4.78, 5) is 33.9. The van der Waals surface area contributed by atoms with E-state index in [0.717, 1.165) is 23.0 Å². The molecule has 0 saturated heterocycles. The first-order chi connectivity index (χ1) is 11.3. The van der Waals surface area contributed by atoms with Gasteiger partial charge in [-0.2, -0.15) is 0 Å². The normalized spacial score (nSPS) is 9.92. The summed E-state index contributed by atoms with van der Waals surface area (Å²) in [7, 11) is 0. The first-order valence-electron chi connectivity index (χ1n) is 7.77. The molecule has 5 nitrogen and oxygen atoms in total. The fourth-order valence-corrected chi connectivity index (χ4v) is 2.05. The molecule has 1 aromatic rings. The Kier molecular flexibility index (Phi) is 7.62. The van der Waals surface area contributed by atoms with Crippen molar-refractivity contribution in [2.75, 3.05) is 0 Å². The maximum Gasteiger partial charge on any atom is 0.246 e. The zero-order chi connectivity index (χ0) is 18.1. The fourth-order valence-electron chi connectivity index (χ4n) is 2.05. The second-order valence-electron chi connectivity index (χ2n) is 5.73. The molecule has 0 aliphatic rings. The third kappa shape index (κ3) is 6.20. The first kappa shape index (κ1) is 19.4. The predicted octanol–water partition coefficient (Wildman–Crippen LogP) is 2.20. The lowest BCUT2D eigenvalue weighted by molar-refractivity contribution is -0.118. The van der Waals surface area contributed by atoms with Crippen molar-refractivity contribution < 1.29 is 14.4 Å². The summed E-state index contributed by atoms with van der Waals surface area (Å²) < 4.78 is 0. The van der Waals surface area contributed by atoms with Crippen LogP contribution in [0.3, 0.4) is 0 Å². The maximum absolute atomic E-state index is 11.7. The monoisotopic (exact) mass is 328 g/mol. The van der Waals surface area contributed by atoms with E-state index in [9.17, 15) is 14.4 Å². The van der Waals surface area contributed by atoms with E-state index in [0.29, 0.717) is 37.1 Å². The highest BCUT2D eigenvalue weighted by molar-refractivity contribution is 5.92. The number of aldehydes is 1. The van der Waals surface area contributed by atoms with Gasteiger partial charge in [0, 0.05) is 30.7 Å². The quantitative estimate of drug-likeness (QED) is 0.539. The number of benzene rings is 1. The van der Waals surface area contributed by atoms with E-state index >= 15 is 0 Å². The van der Waals surface area contributed by atoms with Gasteiger partial charge in [-0.3, -0.25) is 9.59 Å². The lowest BCUT2D eigenvalue weighted by Gasteiger charge is -2.14. The van der Waals surface area contributed by atoms with Gasteiger partial charge in [0.05, 0.1) is 0 Å². The number of hydrogen-bond donors (Lipinski definition) is 2. The van der Waals surface area contributed by atoms with Crippen LogP contribution < -0.4 is 10.6 Å². The summed E-state index contributed by atoms with van der Waals surface area (Å²) in [5, 5.41) is 5.58. The number of nitrogens with one attached hydrogen (secondary N) is 2. The van der Waals surface area contributed by atoms with Gasteiger partial charge in [0.1, 0.15) is 6.29 Å². The van der Waals surface area contributed by atoms with Crippen LogP contribution in [0.2, 0.25) is 0 Å². The number of amides is 2. The van der Waals surface area contributed by atoms with E-state index in [2.05, 4.69) is 23.8 Å². The van der Waals surface area contributed by atoms with Gasteiger partial charge >= 0.3 is 0 Å². The predicted molar refractivity (Wildman–Crippen MR) is 94.1 cm³/mol. The molecule has 1 aromatic carbocycles. The zero-order valence-electron chi connectivity index (χ0n) is 14.3. The van der Waals surface area contributed by atoms with E-state index in [4.69, 9.17) is 0 Å². The van der Waals surface area contributed by atoms with Crippen LogP contribution in [0.15, 0.2) is 42.5 Å². The highest BCUT2D eigenvalue weighted by Gasteiger charge is 2.09. The van der Waals surface area contributed by atoms with Gasteiger partial charge in [0.15, 0.2) is 0 Å². The largest absolute Gasteiger partial charge is 0.348 e. The van der Waals surface area contributed by atoms with Gasteiger partial charge in [-0.25, -0.2) is 0 Å². The topological polar surface area (TPSA) is 75.3 Å². The third-order valence-electron chi connectivity index (χ3n) is 3.48. The molecule has 128 valence electrons. The highest BCUT2D eigenvalue weighted by Crippen LogP contribution is 2.14. The van der Waals surface area contributed by atoms with Crippen molar-refractivity contribution in [1.82, 2.24) is 10.6 Å². The van der Waals surface area contributed by atoms with E-state index in [-0.39, 0.29) is 11.8 Å². The van der Waals surface area contributed by atoms with E-state index in [1.807, 2.05) is 18.2 Å². The molecule has 0 fully saturated rings. The molecule has 0 heterocycles. The molecule has 0 radical (unpaired) electrons. The SMILES string of the molecule is C=C(C)C(=O)NCc1ccc(CCC=O)cc1CNC(=O)C(=C)C. The molecule has 0 bridgehead atoms. The van der Waals surface area contributed by atoms with Crippen molar-refractivity contribution in [3.63, 3.8) is 0 Å². The van der Waals surface area contributed by atoms with Crippen LogP contribution in [-0.2, 0) is 33.9 Å². The Bertz CT molecular complexity index is 663. The molecule has 2 amide bonds. The summed E-state index contributed by atoms with van der Waals surface area (Å²) >= 11 is 0. The summed E-state index contributed by atoms with van der Waals surface area (Å²) in [5.41, 5.74) is 3.69. The summed E-state index contributed by atoms with van der Waals surface area (Å²) in [6, 6.07) is 5.78. The molecular weight excluding hydrogens is 304 g/mol. The van der Waals surface area contributed by atoms with Gasteiger partial charge in [-0.1, -0.05) is 31.4 Å². The van der Waals surface area contributed by atoms with Crippen LogP contribution in [0.1, 0.15) is 37.0 Å². The van der Waals surface area contributed by atoms with Gasteiger partial charge in [-0.15, -0.1) is 0 Å². The molecule has 0 atom stereocenters. The van der Waals surface area contributed by atoms with Gasteiger partial charge in [0.25, 0.3) is 0 Å². The van der Waals surface area contributed by atoms with Crippen molar-refractivity contribution in [2.45, 2.75) is 39.8 Å². The first-order valence-corrected chi connectivity index (χ1v) is 7.77. The summed E-state index contributed by atoms with van der Waals surface area (Å²) in [6.45, 7) is 11.2. The minimum absolute atomic E-state index is 0.211. The van der Waals surface area contributed by atoms with Gasteiger partial charge in [-0.05, 0) is 37.0 Å². The Balaban J connectivity index is 2.91. The molecule has 24 heavy (non-hydrogen) atoms. The van der Waals surface area contributed by atoms with Crippen LogP contribution in [-0.4, -0.2) is 18.1 Å². The number of rotatable bonds is 9. The standard InChI is InChI=1S/C19H24N2O3/c1-13(2)18(23)20-11-16-8-7-15(6-5-9-22)10-17(16)12-21-19(24)14(3)4/h7-10H,1,3,5-6,11-12H2,2,4H3,(H,20,23)(H,21,24). The lowest BCUT2D eigenvalue weighted by atomic mass is 10.0. The Labute approximate surface area is 142 Å². The summed E-state index contributed by atoms with van der Waals surface area (Å²) in [5.74, 6) is -0.429. The fraction of sp³-hybridized carbons (Fsp3) is 0.316. The second kappa shape index (κ2) is 9.45. The molecule has 1 rings (SSSR count). The van der Waals surface area contributed by atoms with Crippen LogP contribution in [0, 0.1) is 0 Å². The third-order valence-corrected chi connectivity index (χ3v) is 3.48. The van der Waals surface area contributed by atoms with E-state index in [1.54, 1.807) is 13.8 Å². The maximum atomic E-state index is 11.7. The second-order valence-corrected chi connectivity index (χ2v) is 5.73. The van der Waals surface area contributed by atoms with Crippen molar-refractivity contribution in [1.29, 1.82) is 0 Å².